The highest BCUT2D eigenvalue weighted by molar-refractivity contribution is 8.65. The lowest BCUT2D eigenvalue weighted by atomic mass is 10.6. The molecule has 0 spiro atoms. The molecule has 0 heterocycles. The monoisotopic (exact) mass is 216 g/mol. The zero-order valence-corrected chi connectivity index (χ0v) is 9.63. The topological polar surface area (TPSA) is 40.5 Å². The van der Waals surface area contributed by atoms with Crippen LogP contribution in [0.3, 0.4) is 0 Å². The number of hydrogen-bond acceptors (Lipinski definition) is 0. The first-order valence-electron chi connectivity index (χ1n) is 3.77. The molecule has 2 N–H and O–H groups in total. The minimum absolute atomic E-state index is 0.255. The highest BCUT2D eigenvalue weighted by Gasteiger charge is 2.08. The van der Waals surface area contributed by atoms with Crippen molar-refractivity contribution in [3.63, 3.8) is 0 Å². The molecule has 70 valence electrons. The highest BCUT2D eigenvalue weighted by Crippen LogP contribution is 2.47. The SMILES string of the molecule is CCCS(CCC)=P(O)(O)S. The van der Waals surface area contributed by atoms with E-state index in [1.807, 2.05) is 0 Å². The van der Waals surface area contributed by atoms with Crippen LogP contribution in [0.15, 0.2) is 0 Å². The van der Waals surface area contributed by atoms with Crippen LogP contribution in [-0.4, -0.2) is 21.3 Å². The highest BCUT2D eigenvalue weighted by atomic mass is 32.9. The lowest BCUT2D eigenvalue weighted by molar-refractivity contribution is 0.502. The summed E-state index contributed by atoms with van der Waals surface area (Å²) in [7, 11) is -0.255. The van der Waals surface area contributed by atoms with Gasteiger partial charge in [-0.1, -0.05) is 26.1 Å². The summed E-state index contributed by atoms with van der Waals surface area (Å²) in [6.07, 6.45) is 2.01. The van der Waals surface area contributed by atoms with E-state index in [2.05, 4.69) is 26.1 Å². The molecule has 0 aliphatic carbocycles. The van der Waals surface area contributed by atoms with E-state index in [4.69, 9.17) is 0 Å². The van der Waals surface area contributed by atoms with Gasteiger partial charge in [0.15, 0.2) is 5.69 Å². The van der Waals surface area contributed by atoms with Gasteiger partial charge in [0.2, 0.25) is 0 Å². The summed E-state index contributed by atoms with van der Waals surface area (Å²) in [4.78, 5) is 18.6. The first kappa shape index (κ1) is 12.0. The first-order chi connectivity index (χ1) is 5.02. The van der Waals surface area contributed by atoms with Crippen LogP contribution in [0.25, 0.3) is 0 Å². The van der Waals surface area contributed by atoms with E-state index in [-0.39, 0.29) is 10.1 Å². The summed E-state index contributed by atoms with van der Waals surface area (Å²) >= 11 is 3.85. The predicted molar refractivity (Wildman–Crippen MR) is 58.0 cm³/mol. The first-order valence-corrected chi connectivity index (χ1v) is 8.79. The van der Waals surface area contributed by atoms with Crippen molar-refractivity contribution < 1.29 is 9.79 Å². The molecule has 0 unspecified atom stereocenters. The van der Waals surface area contributed by atoms with E-state index in [1.54, 1.807) is 0 Å². The molecule has 0 atom stereocenters. The largest absolute Gasteiger partial charge is 0.341 e. The fourth-order valence-electron chi connectivity index (χ4n) is 0.818. The van der Waals surface area contributed by atoms with Crippen molar-refractivity contribution in [1.82, 2.24) is 0 Å². The van der Waals surface area contributed by atoms with Crippen LogP contribution in [0.1, 0.15) is 26.7 Å². The summed E-state index contributed by atoms with van der Waals surface area (Å²) in [5.41, 5.74) is -2.84. The Morgan fingerprint density at radius 2 is 1.55 bits per heavy atom. The Morgan fingerprint density at radius 3 is 1.73 bits per heavy atom. The molecule has 11 heavy (non-hydrogen) atoms. The van der Waals surface area contributed by atoms with Gasteiger partial charge in [-0.2, -0.15) is 0 Å². The second-order valence-electron chi connectivity index (χ2n) is 2.38. The summed E-state index contributed by atoms with van der Waals surface area (Å²) in [5, 5.41) is 0. The fourth-order valence-corrected chi connectivity index (χ4v) is 6.49. The Kier molecular flexibility index (Phi) is 6.19. The maximum atomic E-state index is 9.28. The average Bonchev–Trinajstić information content (AvgIpc) is 1.85. The molecule has 0 aromatic heterocycles. The molecule has 2 nitrogen and oxygen atoms in total. The van der Waals surface area contributed by atoms with Gasteiger partial charge in [-0.05, 0) is 24.3 Å². The molecule has 5 heteroatoms. The molecule has 0 aromatic carbocycles. The average molecular weight is 216 g/mol. The molecule has 0 saturated carbocycles. The molecule has 0 amide bonds. The Hall–Kier alpha value is 1.05. The van der Waals surface area contributed by atoms with Crippen LogP contribution in [0, 0.1) is 0 Å². The second kappa shape index (κ2) is 5.65. The van der Waals surface area contributed by atoms with Crippen LogP contribution < -0.4 is 0 Å². The van der Waals surface area contributed by atoms with Crippen LogP contribution in [0.2, 0.25) is 0 Å². The van der Waals surface area contributed by atoms with Crippen LogP contribution in [0.4, 0.5) is 0 Å². The summed E-state index contributed by atoms with van der Waals surface area (Å²) in [6.45, 7) is 4.11. The Bertz CT molecular complexity index is 148. The van der Waals surface area contributed by atoms with Gasteiger partial charge in [0.25, 0.3) is 0 Å². The van der Waals surface area contributed by atoms with Gasteiger partial charge >= 0.3 is 0 Å². The smallest absolute Gasteiger partial charge is 0.198 e. The van der Waals surface area contributed by atoms with Gasteiger partial charge in [0.05, 0.1) is 0 Å². The van der Waals surface area contributed by atoms with E-state index in [0.717, 1.165) is 24.3 Å². The van der Waals surface area contributed by atoms with Crippen molar-refractivity contribution in [3.05, 3.63) is 0 Å². The Balaban J connectivity index is 4.32. The summed E-state index contributed by atoms with van der Waals surface area (Å²) in [6, 6.07) is 0. The summed E-state index contributed by atoms with van der Waals surface area (Å²) < 4.78 is 0. The minimum Gasteiger partial charge on any atom is -0.341 e. The zero-order chi connectivity index (χ0) is 8.91. The molecule has 0 aliphatic rings. The lowest BCUT2D eigenvalue weighted by Gasteiger charge is -2.14. The van der Waals surface area contributed by atoms with E-state index >= 15 is 0 Å². The van der Waals surface area contributed by atoms with Crippen molar-refractivity contribution in [2.75, 3.05) is 11.5 Å². The van der Waals surface area contributed by atoms with Crippen molar-refractivity contribution >= 4 is 28.0 Å². The van der Waals surface area contributed by atoms with E-state index < -0.39 is 5.69 Å². The molecule has 0 saturated heterocycles. The second-order valence-corrected chi connectivity index (χ2v) is 10.7. The molecule has 0 bridgehead atoms. The lowest BCUT2D eigenvalue weighted by Crippen LogP contribution is -2.01. The molecule has 0 rings (SSSR count). The molecule has 0 fully saturated rings. The van der Waals surface area contributed by atoms with Crippen LogP contribution in [0.5, 0.6) is 0 Å². The maximum absolute atomic E-state index is 9.28. The van der Waals surface area contributed by atoms with Gasteiger partial charge in [-0.25, -0.2) is 0 Å². The Labute approximate surface area is 76.3 Å². The van der Waals surface area contributed by atoms with Crippen LogP contribution >= 0.6 is 17.9 Å². The number of rotatable bonds is 4. The standard InChI is InChI=1S/C6H17O2PS2/c1-3-5-11(6-4-2)9(7,8)10/h7-8,10H,3-6H2,1-2H3. The van der Waals surface area contributed by atoms with Crippen molar-refractivity contribution in [2.24, 2.45) is 0 Å². The van der Waals surface area contributed by atoms with Gasteiger partial charge < -0.3 is 9.79 Å². The molecule has 0 aliphatic heterocycles. The van der Waals surface area contributed by atoms with Crippen molar-refractivity contribution in [1.29, 1.82) is 0 Å². The normalized spacial score (nSPS) is 12.5. The van der Waals surface area contributed by atoms with Gasteiger partial charge in [-0.15, -0.1) is 10.1 Å². The summed E-state index contributed by atoms with van der Waals surface area (Å²) in [5.74, 6) is 1.80. The van der Waals surface area contributed by atoms with Crippen LogP contribution in [-0.2, 0) is 10.1 Å². The number of hydrogen-bond donors (Lipinski definition) is 3. The van der Waals surface area contributed by atoms with Gasteiger partial charge in [0, 0.05) is 0 Å². The molecule has 0 radical (unpaired) electrons. The minimum atomic E-state index is -2.84. The van der Waals surface area contributed by atoms with Gasteiger partial charge in [0.1, 0.15) is 0 Å². The van der Waals surface area contributed by atoms with Gasteiger partial charge in [-0.3, -0.25) is 0 Å². The third-order valence-corrected chi connectivity index (χ3v) is 8.93. The fraction of sp³-hybridized carbons (Fsp3) is 1.00. The molecule has 0 aromatic rings. The van der Waals surface area contributed by atoms with E-state index in [0.29, 0.717) is 0 Å². The van der Waals surface area contributed by atoms with E-state index in [9.17, 15) is 9.79 Å². The molecular weight excluding hydrogens is 199 g/mol. The zero-order valence-electron chi connectivity index (χ0n) is 7.03. The molecular formula is C6H17O2PS2. The third-order valence-electron chi connectivity index (χ3n) is 1.23. The quantitative estimate of drug-likeness (QED) is 0.497. The van der Waals surface area contributed by atoms with Crippen molar-refractivity contribution in [2.45, 2.75) is 26.7 Å². The Morgan fingerprint density at radius 1 is 1.18 bits per heavy atom. The third kappa shape index (κ3) is 5.31. The van der Waals surface area contributed by atoms with Crippen molar-refractivity contribution in [3.8, 4) is 0 Å². The van der Waals surface area contributed by atoms with E-state index in [1.165, 1.54) is 0 Å². The predicted octanol–water partition coefficient (Wildman–Crippen LogP) is 2.02. The number of thiol groups is 1. The maximum Gasteiger partial charge on any atom is 0.198 e.